The molecule has 126 valence electrons. The molecule has 0 saturated heterocycles. The first-order chi connectivity index (χ1) is 12.2. The van der Waals surface area contributed by atoms with Crippen LogP contribution in [0.2, 0.25) is 0 Å². The zero-order valence-electron chi connectivity index (χ0n) is 13.9. The Bertz CT molecular complexity index is 961. The summed E-state index contributed by atoms with van der Waals surface area (Å²) in [5, 5.41) is 2.09. The number of nitrogens with zero attached hydrogens (tertiary/aromatic N) is 4. The van der Waals surface area contributed by atoms with E-state index in [9.17, 15) is 4.79 Å². The Balaban J connectivity index is 1.72. The van der Waals surface area contributed by atoms with E-state index >= 15 is 0 Å². The first kappa shape index (κ1) is 15.8. The normalized spacial score (nSPS) is 14.4. The summed E-state index contributed by atoms with van der Waals surface area (Å²) in [6.45, 7) is 1.62. The summed E-state index contributed by atoms with van der Waals surface area (Å²) >= 11 is 1.74. The molecule has 0 saturated carbocycles. The highest BCUT2D eigenvalue weighted by molar-refractivity contribution is 7.11. The molecule has 0 amide bonds. The van der Waals surface area contributed by atoms with Crippen LogP contribution in [0.15, 0.2) is 59.0 Å². The van der Waals surface area contributed by atoms with E-state index in [1.54, 1.807) is 41.4 Å². The average molecular weight is 350 g/mol. The van der Waals surface area contributed by atoms with E-state index in [4.69, 9.17) is 4.98 Å². The van der Waals surface area contributed by atoms with E-state index in [1.807, 2.05) is 12.1 Å². The van der Waals surface area contributed by atoms with Gasteiger partial charge >= 0.3 is 0 Å². The van der Waals surface area contributed by atoms with Gasteiger partial charge in [-0.3, -0.25) is 14.3 Å². The fourth-order valence-corrected chi connectivity index (χ4v) is 3.80. The van der Waals surface area contributed by atoms with Gasteiger partial charge in [0.15, 0.2) is 0 Å². The number of rotatable bonds is 3. The lowest BCUT2D eigenvalue weighted by molar-refractivity contribution is 0.727. The molecule has 0 fully saturated rings. The van der Waals surface area contributed by atoms with Crippen LogP contribution >= 0.6 is 11.3 Å². The van der Waals surface area contributed by atoms with Gasteiger partial charge in [-0.05, 0) is 35.6 Å². The maximum atomic E-state index is 12.5. The number of hydrogen-bond acceptors (Lipinski definition) is 5. The molecule has 0 radical (unpaired) electrons. The highest BCUT2D eigenvalue weighted by atomic mass is 32.1. The molecule has 0 aliphatic carbocycles. The molecule has 0 unspecified atom stereocenters. The molecule has 3 aromatic rings. The Hall–Kier alpha value is -2.73. The van der Waals surface area contributed by atoms with E-state index in [0.29, 0.717) is 11.6 Å². The minimum atomic E-state index is -0.0518. The lowest BCUT2D eigenvalue weighted by Gasteiger charge is -2.29. The van der Waals surface area contributed by atoms with Gasteiger partial charge in [0.25, 0.3) is 5.56 Å². The van der Waals surface area contributed by atoms with Gasteiger partial charge in [-0.1, -0.05) is 12.1 Å². The Morgan fingerprint density at radius 1 is 1.20 bits per heavy atom. The summed E-state index contributed by atoms with van der Waals surface area (Å²) < 4.78 is 1.63. The van der Waals surface area contributed by atoms with Gasteiger partial charge in [0.2, 0.25) is 5.95 Å². The van der Waals surface area contributed by atoms with Crippen LogP contribution in [0.5, 0.6) is 0 Å². The van der Waals surface area contributed by atoms with Crippen LogP contribution in [0.3, 0.4) is 0 Å². The number of thiophene rings is 1. The fourth-order valence-electron chi connectivity index (χ4n) is 3.04. The van der Waals surface area contributed by atoms with Crippen molar-refractivity contribution >= 4 is 22.9 Å². The predicted octanol–water partition coefficient (Wildman–Crippen LogP) is 3.20. The van der Waals surface area contributed by atoms with Crippen LogP contribution in [0.1, 0.15) is 11.3 Å². The summed E-state index contributed by atoms with van der Waals surface area (Å²) in [4.78, 5) is 24.7. The molecule has 0 N–H and O–H groups in total. The van der Waals surface area contributed by atoms with E-state index in [1.165, 1.54) is 10.5 Å². The van der Waals surface area contributed by atoms with E-state index in [0.717, 1.165) is 25.1 Å². The lowest BCUT2D eigenvalue weighted by Crippen LogP contribution is -2.35. The molecular weight excluding hydrogens is 332 g/mol. The molecule has 0 bridgehead atoms. The topological polar surface area (TPSA) is 51.0 Å². The first-order valence-corrected chi connectivity index (χ1v) is 9.06. The first-order valence-electron chi connectivity index (χ1n) is 8.19. The zero-order valence-corrected chi connectivity index (χ0v) is 14.7. The highest BCUT2D eigenvalue weighted by Crippen LogP contribution is 2.27. The second kappa shape index (κ2) is 6.64. The molecule has 6 heteroatoms. The van der Waals surface area contributed by atoms with E-state index in [2.05, 4.69) is 33.5 Å². The zero-order chi connectivity index (χ0) is 17.2. The second-order valence-corrected chi connectivity index (χ2v) is 6.94. The molecule has 3 aromatic heterocycles. The standard InChI is InChI=1S/C19H18N4OS/c1-22-18(24)12-16(14-6-8-20-9-7-14)21-19(22)23-10-2-4-15(13-23)17-5-3-11-25-17/h3-9,11-12H,2,10,13H2,1H3. The summed E-state index contributed by atoms with van der Waals surface area (Å²) in [7, 11) is 1.78. The van der Waals surface area contributed by atoms with Gasteiger partial charge < -0.3 is 4.90 Å². The van der Waals surface area contributed by atoms with Crippen LogP contribution in [0.25, 0.3) is 16.8 Å². The molecular formula is C19H18N4OS. The number of anilines is 1. The third-order valence-electron chi connectivity index (χ3n) is 4.36. The molecule has 4 rings (SSSR count). The number of pyridine rings is 1. The highest BCUT2D eigenvalue weighted by Gasteiger charge is 2.19. The predicted molar refractivity (Wildman–Crippen MR) is 102 cm³/mol. The Morgan fingerprint density at radius 2 is 2.04 bits per heavy atom. The van der Waals surface area contributed by atoms with Crippen molar-refractivity contribution in [2.75, 3.05) is 18.0 Å². The average Bonchev–Trinajstić information content (AvgIpc) is 3.19. The van der Waals surface area contributed by atoms with E-state index < -0.39 is 0 Å². The van der Waals surface area contributed by atoms with Crippen LogP contribution in [-0.2, 0) is 7.05 Å². The van der Waals surface area contributed by atoms with Crippen LogP contribution < -0.4 is 10.5 Å². The molecule has 0 spiro atoms. The van der Waals surface area contributed by atoms with Crippen molar-refractivity contribution in [3.8, 4) is 11.3 Å². The lowest BCUT2D eigenvalue weighted by atomic mass is 10.1. The molecule has 1 aliphatic rings. The van der Waals surface area contributed by atoms with Gasteiger partial charge in [0.1, 0.15) is 0 Å². The Morgan fingerprint density at radius 3 is 2.80 bits per heavy atom. The maximum Gasteiger partial charge on any atom is 0.255 e. The fraction of sp³-hybridized carbons (Fsp3) is 0.211. The molecule has 5 nitrogen and oxygen atoms in total. The summed E-state index contributed by atoms with van der Waals surface area (Å²) in [6.07, 6.45) is 6.66. The van der Waals surface area contributed by atoms with Crippen LogP contribution in [0, 0.1) is 0 Å². The second-order valence-electron chi connectivity index (χ2n) is 5.99. The quantitative estimate of drug-likeness (QED) is 0.728. The molecule has 25 heavy (non-hydrogen) atoms. The number of aromatic nitrogens is 3. The maximum absolute atomic E-state index is 12.5. The smallest absolute Gasteiger partial charge is 0.255 e. The van der Waals surface area contributed by atoms with Crippen molar-refractivity contribution in [3.63, 3.8) is 0 Å². The molecule has 4 heterocycles. The van der Waals surface area contributed by atoms with Gasteiger partial charge in [0, 0.05) is 49.0 Å². The van der Waals surface area contributed by atoms with Gasteiger partial charge in [0.05, 0.1) is 5.69 Å². The van der Waals surface area contributed by atoms with Crippen molar-refractivity contribution in [2.24, 2.45) is 7.05 Å². The van der Waals surface area contributed by atoms with Crippen molar-refractivity contribution in [1.82, 2.24) is 14.5 Å². The van der Waals surface area contributed by atoms with Crippen molar-refractivity contribution in [2.45, 2.75) is 6.42 Å². The third kappa shape index (κ3) is 3.13. The largest absolute Gasteiger partial charge is 0.337 e. The molecule has 1 aliphatic heterocycles. The summed E-state index contributed by atoms with van der Waals surface area (Å²) in [6, 6.07) is 9.54. The minimum absolute atomic E-state index is 0.0518. The van der Waals surface area contributed by atoms with Gasteiger partial charge in [-0.25, -0.2) is 4.98 Å². The number of hydrogen-bond donors (Lipinski definition) is 0. The van der Waals surface area contributed by atoms with Gasteiger partial charge in [-0.2, -0.15) is 0 Å². The van der Waals surface area contributed by atoms with Crippen molar-refractivity contribution in [3.05, 3.63) is 69.4 Å². The SMILES string of the molecule is Cn1c(N2CCC=C(c3cccs3)C2)nc(-c2ccncc2)cc1=O. The molecule has 0 atom stereocenters. The van der Waals surface area contributed by atoms with E-state index in [-0.39, 0.29) is 5.56 Å². The molecule has 0 aromatic carbocycles. The van der Waals surface area contributed by atoms with Crippen LogP contribution in [0.4, 0.5) is 5.95 Å². The Kier molecular flexibility index (Phi) is 4.19. The van der Waals surface area contributed by atoms with Crippen molar-refractivity contribution in [1.29, 1.82) is 0 Å². The third-order valence-corrected chi connectivity index (χ3v) is 5.30. The summed E-state index contributed by atoms with van der Waals surface area (Å²) in [5.74, 6) is 0.710. The monoisotopic (exact) mass is 350 g/mol. The Labute approximate surface area is 149 Å². The van der Waals surface area contributed by atoms with Crippen LogP contribution in [-0.4, -0.2) is 27.6 Å². The summed E-state index contributed by atoms with van der Waals surface area (Å²) in [5.41, 5.74) is 2.83. The van der Waals surface area contributed by atoms with Crippen molar-refractivity contribution < 1.29 is 0 Å². The van der Waals surface area contributed by atoms with Gasteiger partial charge in [-0.15, -0.1) is 11.3 Å². The minimum Gasteiger partial charge on any atom is -0.337 e.